The van der Waals surface area contributed by atoms with Crippen molar-refractivity contribution in [1.82, 2.24) is 9.38 Å². The highest BCUT2D eigenvalue weighted by molar-refractivity contribution is 7.20. The molecule has 0 amide bonds. The number of ether oxygens (including phenoxy) is 1. The van der Waals surface area contributed by atoms with Crippen molar-refractivity contribution < 1.29 is 14.6 Å². The van der Waals surface area contributed by atoms with Crippen molar-refractivity contribution in [1.29, 1.82) is 5.26 Å². The second kappa shape index (κ2) is 4.88. The molecule has 0 spiro atoms. The average Bonchev–Trinajstić information content (AvgIpc) is 2.84. The lowest BCUT2D eigenvalue weighted by atomic mass is 10.3. The molecular weight excluding hydrogens is 294 g/mol. The maximum absolute atomic E-state index is 12.5. The van der Waals surface area contributed by atoms with Crippen LogP contribution in [-0.4, -0.2) is 27.1 Å². The molecule has 3 heterocycles. The SMILES string of the molecule is N#CCOc1c(C(=O)O)sc2nc3ccccn3c(=O)c12. The summed E-state index contributed by atoms with van der Waals surface area (Å²) in [5, 5.41) is 17.9. The second-order valence-electron chi connectivity index (χ2n) is 4.04. The standard InChI is InChI=1S/C13H7N3O4S/c14-4-6-20-9-8-11(21-10(9)13(18)19)15-7-3-1-2-5-16(7)12(8)17/h1-3,5H,6H2,(H,18,19). The number of fused-ring (bicyclic) bond motifs is 2. The topological polar surface area (TPSA) is 105 Å². The molecule has 0 aromatic carbocycles. The van der Waals surface area contributed by atoms with Crippen molar-refractivity contribution in [2.45, 2.75) is 0 Å². The molecule has 0 aliphatic heterocycles. The first-order valence-corrected chi connectivity index (χ1v) is 6.62. The molecule has 0 aliphatic carbocycles. The van der Waals surface area contributed by atoms with Gasteiger partial charge in [0.05, 0.1) is 0 Å². The van der Waals surface area contributed by atoms with Crippen molar-refractivity contribution >= 4 is 33.2 Å². The Labute approximate surface area is 121 Å². The number of rotatable bonds is 3. The van der Waals surface area contributed by atoms with Gasteiger partial charge in [0.1, 0.15) is 21.9 Å². The molecule has 0 bridgehead atoms. The van der Waals surface area contributed by atoms with Gasteiger partial charge in [-0.05, 0) is 12.1 Å². The number of pyridine rings is 1. The van der Waals surface area contributed by atoms with Gasteiger partial charge in [-0.3, -0.25) is 9.20 Å². The summed E-state index contributed by atoms with van der Waals surface area (Å²) in [6, 6.07) is 6.80. The Hall–Kier alpha value is -2.92. The number of nitrogens with zero attached hydrogens (tertiary/aromatic N) is 3. The van der Waals surface area contributed by atoms with E-state index in [0.717, 1.165) is 11.3 Å². The number of thiophene rings is 1. The molecule has 0 saturated carbocycles. The smallest absolute Gasteiger partial charge is 0.349 e. The Morgan fingerprint density at radius 2 is 2.33 bits per heavy atom. The van der Waals surface area contributed by atoms with Gasteiger partial charge in [0.15, 0.2) is 17.2 Å². The summed E-state index contributed by atoms with van der Waals surface area (Å²) in [6.45, 7) is -0.344. The van der Waals surface area contributed by atoms with Gasteiger partial charge in [0.2, 0.25) is 0 Å². The van der Waals surface area contributed by atoms with E-state index in [1.54, 1.807) is 24.3 Å². The van der Waals surface area contributed by atoms with Crippen LogP contribution < -0.4 is 10.3 Å². The number of aromatic carboxylic acids is 1. The monoisotopic (exact) mass is 301 g/mol. The molecule has 104 valence electrons. The van der Waals surface area contributed by atoms with E-state index in [0.29, 0.717) is 5.65 Å². The molecule has 0 radical (unpaired) electrons. The molecule has 3 aromatic heterocycles. The minimum absolute atomic E-state index is 0.0800. The number of aromatic nitrogens is 2. The first-order valence-electron chi connectivity index (χ1n) is 5.80. The number of hydrogen-bond donors (Lipinski definition) is 1. The Morgan fingerprint density at radius 3 is 3.05 bits per heavy atom. The van der Waals surface area contributed by atoms with Crippen molar-refractivity contribution in [2.24, 2.45) is 0 Å². The summed E-state index contributed by atoms with van der Waals surface area (Å²) >= 11 is 0.853. The fourth-order valence-electron chi connectivity index (χ4n) is 1.98. The molecule has 3 aromatic rings. The first kappa shape index (κ1) is 13.1. The summed E-state index contributed by atoms with van der Waals surface area (Å²) in [5.74, 6) is -1.32. The lowest BCUT2D eigenvalue weighted by molar-refractivity contribution is 0.0698. The molecule has 0 aliphatic rings. The zero-order valence-corrected chi connectivity index (χ0v) is 11.3. The van der Waals surface area contributed by atoms with Crippen molar-refractivity contribution in [3.8, 4) is 11.8 Å². The van der Waals surface area contributed by atoms with Gasteiger partial charge >= 0.3 is 5.97 Å². The van der Waals surface area contributed by atoms with E-state index in [2.05, 4.69) is 4.98 Å². The fraction of sp³-hybridized carbons (Fsp3) is 0.0769. The molecule has 21 heavy (non-hydrogen) atoms. The second-order valence-corrected chi connectivity index (χ2v) is 5.04. The van der Waals surface area contributed by atoms with E-state index in [-0.39, 0.29) is 27.5 Å². The molecule has 8 heteroatoms. The van der Waals surface area contributed by atoms with Crippen molar-refractivity contribution in [2.75, 3.05) is 6.61 Å². The quantitative estimate of drug-likeness (QED) is 0.786. The van der Waals surface area contributed by atoms with Crippen LogP contribution in [0.3, 0.4) is 0 Å². The first-order chi connectivity index (χ1) is 10.1. The van der Waals surface area contributed by atoms with E-state index in [4.69, 9.17) is 10.00 Å². The third-order valence-electron chi connectivity index (χ3n) is 2.81. The Bertz CT molecular complexity index is 967. The lowest BCUT2D eigenvalue weighted by Crippen LogP contribution is -2.15. The predicted molar refractivity (Wildman–Crippen MR) is 74.9 cm³/mol. The summed E-state index contributed by atoms with van der Waals surface area (Å²) in [6.07, 6.45) is 1.54. The van der Waals surface area contributed by atoms with Gasteiger partial charge in [-0.15, -0.1) is 11.3 Å². The van der Waals surface area contributed by atoms with Crippen LogP contribution in [0, 0.1) is 11.3 Å². The van der Waals surface area contributed by atoms with Crippen LogP contribution in [0.2, 0.25) is 0 Å². The van der Waals surface area contributed by atoms with E-state index in [9.17, 15) is 14.7 Å². The molecule has 3 rings (SSSR count). The van der Waals surface area contributed by atoms with Crippen LogP contribution in [0.4, 0.5) is 0 Å². The van der Waals surface area contributed by atoms with Crippen LogP contribution in [0.25, 0.3) is 15.9 Å². The zero-order chi connectivity index (χ0) is 15.0. The Morgan fingerprint density at radius 1 is 1.52 bits per heavy atom. The molecule has 0 unspecified atom stereocenters. The third-order valence-corrected chi connectivity index (χ3v) is 3.86. The minimum Gasteiger partial charge on any atom is -0.477 e. The minimum atomic E-state index is -1.22. The maximum Gasteiger partial charge on any atom is 0.349 e. The number of carboxylic acid groups (broad SMARTS) is 1. The highest BCUT2D eigenvalue weighted by Gasteiger charge is 2.23. The predicted octanol–water partition coefficient (Wildman–Crippen LogP) is 1.51. The van der Waals surface area contributed by atoms with Gasteiger partial charge in [-0.2, -0.15) is 5.26 Å². The largest absolute Gasteiger partial charge is 0.477 e. The highest BCUT2D eigenvalue weighted by Crippen LogP contribution is 2.34. The van der Waals surface area contributed by atoms with Gasteiger partial charge in [-0.1, -0.05) is 6.07 Å². The molecule has 0 saturated heterocycles. The highest BCUT2D eigenvalue weighted by atomic mass is 32.1. The van der Waals surface area contributed by atoms with Gasteiger partial charge < -0.3 is 9.84 Å². The van der Waals surface area contributed by atoms with Crippen LogP contribution in [0.15, 0.2) is 29.2 Å². The zero-order valence-electron chi connectivity index (χ0n) is 10.4. The number of nitriles is 1. The van der Waals surface area contributed by atoms with E-state index >= 15 is 0 Å². The number of hydrogen-bond acceptors (Lipinski definition) is 6. The molecule has 0 fully saturated rings. The van der Waals surface area contributed by atoms with E-state index in [1.165, 1.54) is 10.6 Å². The van der Waals surface area contributed by atoms with Gasteiger partial charge in [0, 0.05) is 6.20 Å². The molecular formula is C13H7N3O4S. The van der Waals surface area contributed by atoms with Gasteiger partial charge in [-0.25, -0.2) is 9.78 Å². The summed E-state index contributed by atoms with van der Waals surface area (Å²) in [4.78, 5) is 28.2. The Kier molecular flexibility index (Phi) is 3.04. The van der Waals surface area contributed by atoms with Crippen LogP contribution >= 0.6 is 11.3 Å². The summed E-state index contributed by atoms with van der Waals surface area (Å²) < 4.78 is 6.45. The fourth-order valence-corrected chi connectivity index (χ4v) is 2.93. The summed E-state index contributed by atoms with van der Waals surface area (Å²) in [7, 11) is 0. The average molecular weight is 301 g/mol. The maximum atomic E-state index is 12.5. The van der Waals surface area contributed by atoms with Crippen LogP contribution in [0.5, 0.6) is 5.75 Å². The third kappa shape index (κ3) is 2.00. The Balaban J connectivity index is 2.43. The molecule has 1 N–H and O–H groups in total. The van der Waals surface area contributed by atoms with E-state index in [1.807, 2.05) is 0 Å². The van der Waals surface area contributed by atoms with Gasteiger partial charge in [0.25, 0.3) is 5.56 Å². The molecule has 7 nitrogen and oxygen atoms in total. The normalized spacial score (nSPS) is 10.6. The lowest BCUT2D eigenvalue weighted by Gasteiger charge is -2.02. The van der Waals surface area contributed by atoms with Crippen LogP contribution in [0.1, 0.15) is 9.67 Å². The van der Waals surface area contributed by atoms with Crippen LogP contribution in [-0.2, 0) is 0 Å². The number of carboxylic acids is 1. The molecule has 0 atom stereocenters. The van der Waals surface area contributed by atoms with Crippen molar-refractivity contribution in [3.63, 3.8) is 0 Å². The summed E-state index contributed by atoms with van der Waals surface area (Å²) in [5.41, 5.74) is -0.00712. The van der Waals surface area contributed by atoms with Crippen molar-refractivity contribution in [3.05, 3.63) is 39.6 Å². The number of carbonyl (C=O) groups is 1. The van der Waals surface area contributed by atoms with E-state index < -0.39 is 11.5 Å².